The topological polar surface area (TPSA) is 35.2 Å². The Kier molecular flexibility index (Phi) is 7.13. The van der Waals surface area contributed by atoms with Crippen molar-refractivity contribution in [2.75, 3.05) is 18.1 Å². The van der Waals surface area contributed by atoms with E-state index < -0.39 is 0 Å². The lowest BCUT2D eigenvalue weighted by Gasteiger charge is -2.12. The van der Waals surface area contributed by atoms with Crippen molar-refractivity contribution in [1.82, 2.24) is 0 Å². The smallest absolute Gasteiger partial charge is 0.119 e. The number of benzene rings is 1. The first-order valence-corrected chi connectivity index (χ1v) is 7.49. The molecule has 1 rings (SSSR count). The van der Waals surface area contributed by atoms with Crippen LogP contribution >= 0.6 is 11.8 Å². The summed E-state index contributed by atoms with van der Waals surface area (Å²) in [7, 11) is 0. The second-order valence-electron chi connectivity index (χ2n) is 4.04. The molecule has 1 unspecified atom stereocenters. The molecule has 1 aromatic rings. The van der Waals surface area contributed by atoms with Gasteiger partial charge in [-0.1, -0.05) is 25.5 Å². The van der Waals surface area contributed by atoms with Gasteiger partial charge < -0.3 is 10.5 Å². The zero-order chi connectivity index (χ0) is 12.5. The van der Waals surface area contributed by atoms with Crippen molar-refractivity contribution >= 4 is 11.8 Å². The van der Waals surface area contributed by atoms with Gasteiger partial charge in [-0.25, -0.2) is 0 Å². The Labute approximate surface area is 109 Å². The third kappa shape index (κ3) is 5.46. The Hall–Kier alpha value is -0.670. The fourth-order valence-electron chi connectivity index (χ4n) is 1.53. The van der Waals surface area contributed by atoms with E-state index in [2.05, 4.69) is 19.1 Å². The molecule has 17 heavy (non-hydrogen) atoms. The average molecular weight is 253 g/mol. The number of ether oxygens (including phenoxy) is 1. The van der Waals surface area contributed by atoms with Crippen LogP contribution in [0.3, 0.4) is 0 Å². The molecule has 0 aliphatic heterocycles. The minimum Gasteiger partial charge on any atom is -0.494 e. The van der Waals surface area contributed by atoms with E-state index in [1.807, 2.05) is 30.8 Å². The van der Waals surface area contributed by atoms with Crippen LogP contribution in [0, 0.1) is 0 Å². The van der Waals surface area contributed by atoms with Gasteiger partial charge in [0.15, 0.2) is 0 Å². The van der Waals surface area contributed by atoms with Crippen molar-refractivity contribution in [1.29, 1.82) is 0 Å². The van der Waals surface area contributed by atoms with Crippen molar-refractivity contribution in [3.8, 4) is 5.75 Å². The number of hydrogen-bond acceptors (Lipinski definition) is 3. The number of unbranched alkanes of at least 4 members (excludes halogenated alkanes) is 1. The van der Waals surface area contributed by atoms with Crippen LogP contribution in [0.1, 0.15) is 38.3 Å². The van der Waals surface area contributed by atoms with E-state index in [9.17, 15) is 0 Å². The molecule has 0 amide bonds. The van der Waals surface area contributed by atoms with Crippen molar-refractivity contribution in [2.45, 2.75) is 32.7 Å². The first kappa shape index (κ1) is 14.4. The lowest BCUT2D eigenvalue weighted by Crippen LogP contribution is -2.13. The van der Waals surface area contributed by atoms with Gasteiger partial charge in [-0.2, -0.15) is 11.8 Å². The highest BCUT2D eigenvalue weighted by atomic mass is 32.2. The summed E-state index contributed by atoms with van der Waals surface area (Å²) in [5.74, 6) is 3.12. The molecular weight excluding hydrogens is 230 g/mol. The Balaban J connectivity index is 2.37. The Morgan fingerprint density at radius 3 is 2.53 bits per heavy atom. The van der Waals surface area contributed by atoms with Gasteiger partial charge in [0, 0.05) is 11.8 Å². The quantitative estimate of drug-likeness (QED) is 0.719. The van der Waals surface area contributed by atoms with Crippen LogP contribution in [0.15, 0.2) is 24.3 Å². The molecule has 96 valence electrons. The number of thioether (sulfide) groups is 1. The normalized spacial score (nSPS) is 12.4. The van der Waals surface area contributed by atoms with Gasteiger partial charge in [0.05, 0.1) is 6.61 Å². The summed E-state index contributed by atoms with van der Waals surface area (Å²) in [5.41, 5.74) is 7.33. The highest BCUT2D eigenvalue weighted by Crippen LogP contribution is 2.20. The van der Waals surface area contributed by atoms with Crippen LogP contribution in [0.2, 0.25) is 0 Å². The number of rotatable bonds is 8. The van der Waals surface area contributed by atoms with E-state index in [0.29, 0.717) is 6.61 Å². The molecule has 1 aromatic carbocycles. The van der Waals surface area contributed by atoms with Crippen molar-refractivity contribution < 1.29 is 4.74 Å². The van der Waals surface area contributed by atoms with Crippen molar-refractivity contribution in [3.63, 3.8) is 0 Å². The van der Waals surface area contributed by atoms with Gasteiger partial charge >= 0.3 is 0 Å². The van der Waals surface area contributed by atoms with Gasteiger partial charge in [-0.15, -0.1) is 0 Å². The minimum atomic E-state index is 0.132. The summed E-state index contributed by atoms with van der Waals surface area (Å²) >= 11 is 1.94. The van der Waals surface area contributed by atoms with Crippen LogP contribution in [0.4, 0.5) is 0 Å². The molecule has 0 radical (unpaired) electrons. The number of nitrogens with two attached hydrogens (primary N) is 1. The van der Waals surface area contributed by atoms with Gasteiger partial charge in [-0.3, -0.25) is 0 Å². The molecule has 0 bridgehead atoms. The average Bonchev–Trinajstić information content (AvgIpc) is 2.36. The van der Waals surface area contributed by atoms with Crippen LogP contribution in [-0.2, 0) is 0 Å². The summed E-state index contributed by atoms with van der Waals surface area (Å²) in [6.07, 6.45) is 2.53. The maximum atomic E-state index is 6.14. The van der Waals surface area contributed by atoms with E-state index in [0.717, 1.165) is 11.5 Å². The van der Waals surface area contributed by atoms with E-state index in [1.54, 1.807) is 0 Å². The van der Waals surface area contributed by atoms with E-state index in [4.69, 9.17) is 10.5 Å². The lowest BCUT2D eigenvalue weighted by atomic mass is 10.1. The summed E-state index contributed by atoms with van der Waals surface area (Å²) < 4.78 is 5.41. The maximum absolute atomic E-state index is 6.14. The molecule has 0 spiro atoms. The molecule has 0 fully saturated rings. The maximum Gasteiger partial charge on any atom is 0.119 e. The zero-order valence-corrected chi connectivity index (χ0v) is 11.6. The fourth-order valence-corrected chi connectivity index (χ4v) is 2.64. The predicted octanol–water partition coefficient (Wildman–Crippen LogP) is 3.62. The van der Waals surface area contributed by atoms with E-state index >= 15 is 0 Å². The van der Waals surface area contributed by atoms with E-state index in [1.165, 1.54) is 24.2 Å². The minimum absolute atomic E-state index is 0.132. The third-order valence-corrected chi connectivity index (χ3v) is 3.73. The number of hydrogen-bond donors (Lipinski definition) is 1. The molecule has 2 N–H and O–H groups in total. The molecular formula is C14H23NOS. The first-order valence-electron chi connectivity index (χ1n) is 6.34. The zero-order valence-electron chi connectivity index (χ0n) is 10.8. The van der Waals surface area contributed by atoms with Crippen molar-refractivity contribution in [3.05, 3.63) is 29.8 Å². The highest BCUT2D eigenvalue weighted by molar-refractivity contribution is 7.99. The largest absolute Gasteiger partial charge is 0.494 e. The standard InChI is InChI=1S/C14H23NOS/c1-3-5-10-17-11-14(15)12-6-8-13(9-7-12)16-4-2/h6-9,14H,3-5,10-11,15H2,1-2H3. The van der Waals surface area contributed by atoms with Crippen LogP contribution in [-0.4, -0.2) is 18.1 Å². The second kappa shape index (κ2) is 8.43. The van der Waals surface area contributed by atoms with E-state index in [-0.39, 0.29) is 6.04 Å². The van der Waals surface area contributed by atoms with Gasteiger partial charge in [-0.05, 0) is 36.8 Å². The molecule has 0 aliphatic rings. The van der Waals surface area contributed by atoms with Crippen molar-refractivity contribution in [2.24, 2.45) is 5.73 Å². The molecule has 0 aromatic heterocycles. The van der Waals surface area contributed by atoms with Crippen LogP contribution in [0.25, 0.3) is 0 Å². The predicted molar refractivity (Wildman–Crippen MR) is 76.8 cm³/mol. The van der Waals surface area contributed by atoms with Gasteiger partial charge in [0.2, 0.25) is 0 Å². The SMILES string of the molecule is CCCCSCC(N)c1ccc(OCC)cc1. The van der Waals surface area contributed by atoms with Crippen LogP contribution in [0.5, 0.6) is 5.75 Å². The third-order valence-electron chi connectivity index (χ3n) is 2.56. The monoisotopic (exact) mass is 253 g/mol. The Morgan fingerprint density at radius 1 is 1.24 bits per heavy atom. The summed E-state index contributed by atoms with van der Waals surface area (Å²) in [5, 5.41) is 0. The van der Waals surface area contributed by atoms with Crippen LogP contribution < -0.4 is 10.5 Å². The molecule has 2 nitrogen and oxygen atoms in total. The summed E-state index contributed by atoms with van der Waals surface area (Å²) in [4.78, 5) is 0. The highest BCUT2D eigenvalue weighted by Gasteiger charge is 2.05. The molecule has 0 saturated carbocycles. The Bertz CT molecular complexity index is 300. The first-order chi connectivity index (χ1) is 8.27. The molecule has 3 heteroatoms. The lowest BCUT2D eigenvalue weighted by molar-refractivity contribution is 0.340. The second-order valence-corrected chi connectivity index (χ2v) is 5.19. The Morgan fingerprint density at radius 2 is 1.94 bits per heavy atom. The summed E-state index contributed by atoms with van der Waals surface area (Å²) in [6, 6.07) is 8.25. The van der Waals surface area contributed by atoms with Gasteiger partial charge in [0.1, 0.15) is 5.75 Å². The summed E-state index contributed by atoms with van der Waals surface area (Å²) in [6.45, 7) is 4.91. The molecule has 0 saturated heterocycles. The fraction of sp³-hybridized carbons (Fsp3) is 0.571. The van der Waals surface area contributed by atoms with Gasteiger partial charge in [0.25, 0.3) is 0 Å². The molecule has 0 heterocycles. The molecule has 0 aliphatic carbocycles. The molecule has 1 atom stereocenters.